The van der Waals surface area contributed by atoms with Gasteiger partial charge in [-0.15, -0.1) is 0 Å². The number of cyclic esters (lactones) is 1. The Hall–Kier alpha value is -1.84. The lowest BCUT2D eigenvalue weighted by Crippen LogP contribution is -2.30. The van der Waals surface area contributed by atoms with Crippen LogP contribution in [0, 0.1) is 0 Å². The van der Waals surface area contributed by atoms with E-state index in [0.717, 1.165) is 23.3 Å². The number of carbonyl (C=O) groups excluding carboxylic acids is 1. The number of nitrogens with zero attached hydrogens (tertiary/aromatic N) is 1. The summed E-state index contributed by atoms with van der Waals surface area (Å²) >= 11 is 0. The molecule has 0 amide bonds. The molecule has 0 radical (unpaired) electrons. The van der Waals surface area contributed by atoms with Crippen LogP contribution in [0.25, 0.3) is 5.57 Å². The molecule has 4 heteroatoms. The summed E-state index contributed by atoms with van der Waals surface area (Å²) in [5, 5.41) is 0. The maximum Gasteiger partial charge on any atom is 0.310 e. The van der Waals surface area contributed by atoms with Gasteiger partial charge in [0.1, 0.15) is 6.61 Å². The van der Waals surface area contributed by atoms with Gasteiger partial charge in [-0.25, -0.2) is 0 Å². The second kappa shape index (κ2) is 3.07. The number of allylic oxidation sites excluding steroid dienone is 1. The summed E-state index contributed by atoms with van der Waals surface area (Å²) in [4.78, 5) is 23.3. The predicted octanol–water partition coefficient (Wildman–Crippen LogP) is 0.865. The lowest BCUT2D eigenvalue weighted by Gasteiger charge is -2.17. The molecule has 0 N–H and O–H groups in total. The van der Waals surface area contributed by atoms with Crippen molar-refractivity contribution in [2.24, 2.45) is 0 Å². The summed E-state index contributed by atoms with van der Waals surface area (Å²) in [5.74, 6) is -0.263. The third-order valence-electron chi connectivity index (χ3n) is 3.20. The van der Waals surface area contributed by atoms with Gasteiger partial charge in [-0.3, -0.25) is 9.59 Å². The summed E-state index contributed by atoms with van der Waals surface area (Å²) in [6, 6.07) is 1.91. The smallest absolute Gasteiger partial charge is 0.310 e. The van der Waals surface area contributed by atoms with Gasteiger partial charge in [0.15, 0.2) is 0 Å². The lowest BCUT2D eigenvalue weighted by molar-refractivity contribution is -0.145. The first-order valence-electron chi connectivity index (χ1n) is 5.26. The van der Waals surface area contributed by atoms with Gasteiger partial charge in [0, 0.05) is 12.2 Å². The number of aromatic nitrogens is 1. The molecule has 0 saturated heterocycles. The van der Waals surface area contributed by atoms with E-state index in [4.69, 9.17) is 4.74 Å². The fraction of sp³-hybridized carbons (Fsp3) is 0.333. The highest BCUT2D eigenvalue weighted by Crippen LogP contribution is 2.26. The predicted molar refractivity (Wildman–Crippen MR) is 57.9 cm³/mol. The lowest BCUT2D eigenvalue weighted by atomic mass is 10.0. The SMILES string of the molecule is C=C1CCn2c1cc1c(c2=O)COC(=O)C1. The Bertz CT molecular complexity index is 568. The zero-order valence-corrected chi connectivity index (χ0v) is 8.78. The maximum atomic E-state index is 12.1. The molecule has 82 valence electrons. The quantitative estimate of drug-likeness (QED) is 0.606. The van der Waals surface area contributed by atoms with Crippen molar-refractivity contribution in [3.8, 4) is 0 Å². The van der Waals surface area contributed by atoms with Crippen molar-refractivity contribution in [1.82, 2.24) is 4.57 Å². The fourth-order valence-electron chi connectivity index (χ4n) is 2.30. The molecule has 3 rings (SSSR count). The van der Waals surface area contributed by atoms with E-state index in [9.17, 15) is 9.59 Å². The average Bonchev–Trinajstić information content (AvgIpc) is 2.61. The van der Waals surface area contributed by atoms with Gasteiger partial charge in [-0.05, 0) is 23.6 Å². The normalized spacial score (nSPS) is 18.0. The van der Waals surface area contributed by atoms with E-state index < -0.39 is 0 Å². The molecule has 2 aliphatic heterocycles. The van der Waals surface area contributed by atoms with Crippen LogP contribution in [0.3, 0.4) is 0 Å². The van der Waals surface area contributed by atoms with E-state index in [2.05, 4.69) is 6.58 Å². The second-order valence-corrected chi connectivity index (χ2v) is 4.18. The first-order chi connectivity index (χ1) is 7.66. The molecule has 1 aromatic heterocycles. The first kappa shape index (κ1) is 9.39. The fourth-order valence-corrected chi connectivity index (χ4v) is 2.30. The number of rotatable bonds is 0. The number of pyridine rings is 1. The summed E-state index contributed by atoms with van der Waals surface area (Å²) in [5.41, 5.74) is 3.24. The van der Waals surface area contributed by atoms with E-state index in [1.807, 2.05) is 6.07 Å². The van der Waals surface area contributed by atoms with Crippen molar-refractivity contribution < 1.29 is 9.53 Å². The summed E-state index contributed by atoms with van der Waals surface area (Å²) < 4.78 is 6.62. The van der Waals surface area contributed by atoms with Gasteiger partial charge in [0.05, 0.1) is 12.0 Å². The van der Waals surface area contributed by atoms with E-state index in [0.29, 0.717) is 12.1 Å². The highest BCUT2D eigenvalue weighted by Gasteiger charge is 2.25. The highest BCUT2D eigenvalue weighted by atomic mass is 16.5. The van der Waals surface area contributed by atoms with Crippen LogP contribution in [-0.4, -0.2) is 10.5 Å². The molecule has 0 fully saturated rings. The van der Waals surface area contributed by atoms with Gasteiger partial charge >= 0.3 is 5.97 Å². The Morgan fingerprint density at radius 3 is 3.00 bits per heavy atom. The van der Waals surface area contributed by atoms with Crippen LogP contribution in [0.5, 0.6) is 0 Å². The van der Waals surface area contributed by atoms with Crippen LogP contribution in [-0.2, 0) is 29.1 Å². The van der Waals surface area contributed by atoms with Crippen LogP contribution in [0.15, 0.2) is 17.4 Å². The summed E-state index contributed by atoms with van der Waals surface area (Å²) in [7, 11) is 0. The Kier molecular flexibility index (Phi) is 1.80. The summed E-state index contributed by atoms with van der Waals surface area (Å²) in [6.07, 6.45) is 1.01. The minimum atomic E-state index is -0.263. The van der Waals surface area contributed by atoms with Crippen molar-refractivity contribution in [3.63, 3.8) is 0 Å². The summed E-state index contributed by atoms with van der Waals surface area (Å²) in [6.45, 7) is 4.73. The Labute approximate surface area is 92.2 Å². The zero-order chi connectivity index (χ0) is 11.3. The van der Waals surface area contributed by atoms with Crippen LogP contribution in [0.2, 0.25) is 0 Å². The highest BCUT2D eigenvalue weighted by molar-refractivity contribution is 5.75. The molecule has 16 heavy (non-hydrogen) atoms. The van der Waals surface area contributed by atoms with Crippen molar-refractivity contribution >= 4 is 11.5 Å². The monoisotopic (exact) mass is 217 g/mol. The molecule has 0 aromatic carbocycles. The molecule has 0 atom stereocenters. The maximum absolute atomic E-state index is 12.1. The molecular formula is C12H11NO3. The van der Waals surface area contributed by atoms with Crippen LogP contribution < -0.4 is 5.56 Å². The van der Waals surface area contributed by atoms with Crippen LogP contribution >= 0.6 is 0 Å². The first-order valence-corrected chi connectivity index (χ1v) is 5.26. The minimum Gasteiger partial charge on any atom is -0.460 e. The number of esters is 1. The number of ether oxygens (including phenoxy) is 1. The van der Waals surface area contributed by atoms with Gasteiger partial charge in [0.25, 0.3) is 5.56 Å². The topological polar surface area (TPSA) is 48.3 Å². The molecule has 4 nitrogen and oxygen atoms in total. The van der Waals surface area contributed by atoms with Gasteiger partial charge in [0.2, 0.25) is 0 Å². The number of hydrogen-bond acceptors (Lipinski definition) is 3. The molecule has 0 spiro atoms. The van der Waals surface area contributed by atoms with Gasteiger partial charge < -0.3 is 9.30 Å². The third kappa shape index (κ3) is 1.16. The molecular weight excluding hydrogens is 206 g/mol. The molecule has 1 aromatic rings. The van der Waals surface area contributed by atoms with E-state index in [1.54, 1.807) is 4.57 Å². The molecule has 3 heterocycles. The van der Waals surface area contributed by atoms with Gasteiger partial charge in [-0.1, -0.05) is 6.58 Å². The molecule has 0 unspecified atom stereocenters. The van der Waals surface area contributed by atoms with Crippen molar-refractivity contribution in [2.45, 2.75) is 26.0 Å². The molecule has 2 aliphatic rings. The molecule has 0 aliphatic carbocycles. The zero-order valence-electron chi connectivity index (χ0n) is 8.78. The van der Waals surface area contributed by atoms with Gasteiger partial charge in [-0.2, -0.15) is 0 Å². The Balaban J connectivity index is 2.26. The van der Waals surface area contributed by atoms with Crippen LogP contribution in [0.1, 0.15) is 23.2 Å². The van der Waals surface area contributed by atoms with E-state index in [-0.39, 0.29) is 24.6 Å². The molecule has 0 saturated carbocycles. The Morgan fingerprint density at radius 1 is 1.38 bits per heavy atom. The Morgan fingerprint density at radius 2 is 2.19 bits per heavy atom. The molecule has 0 bridgehead atoms. The number of hydrogen-bond donors (Lipinski definition) is 0. The van der Waals surface area contributed by atoms with E-state index in [1.165, 1.54) is 0 Å². The second-order valence-electron chi connectivity index (χ2n) is 4.18. The third-order valence-corrected chi connectivity index (χ3v) is 3.20. The van der Waals surface area contributed by atoms with Crippen molar-refractivity contribution in [2.75, 3.05) is 0 Å². The van der Waals surface area contributed by atoms with E-state index >= 15 is 0 Å². The van der Waals surface area contributed by atoms with Crippen molar-refractivity contribution in [3.05, 3.63) is 39.8 Å². The number of carbonyl (C=O) groups is 1. The van der Waals surface area contributed by atoms with Crippen LogP contribution in [0.4, 0.5) is 0 Å². The van der Waals surface area contributed by atoms with Crippen molar-refractivity contribution in [1.29, 1.82) is 0 Å². The number of fused-ring (bicyclic) bond motifs is 2. The largest absolute Gasteiger partial charge is 0.460 e. The minimum absolute atomic E-state index is 0.0290. The average molecular weight is 217 g/mol. The standard InChI is InChI=1S/C12H11NO3/c1-7-2-3-13-10(7)4-8-5-11(14)16-6-9(8)12(13)15/h4H,1-3,5-6H2.